The zero-order chi connectivity index (χ0) is 17.1. The van der Waals surface area contributed by atoms with Crippen molar-refractivity contribution in [2.75, 3.05) is 11.9 Å². The van der Waals surface area contributed by atoms with Crippen LogP contribution < -0.4 is 16.3 Å². The highest BCUT2D eigenvalue weighted by molar-refractivity contribution is 5.99. The van der Waals surface area contributed by atoms with Crippen LogP contribution in [0.15, 0.2) is 47.3 Å². The molecular weight excluding hydrogens is 308 g/mol. The van der Waals surface area contributed by atoms with Crippen molar-refractivity contribution in [3.63, 3.8) is 0 Å². The predicted octanol–water partition coefficient (Wildman–Crippen LogP) is 1.53. The molecule has 0 aliphatic carbocycles. The van der Waals surface area contributed by atoms with Gasteiger partial charge >= 0.3 is 5.69 Å². The lowest BCUT2D eigenvalue weighted by atomic mass is 10.1. The summed E-state index contributed by atoms with van der Waals surface area (Å²) in [7, 11) is 0. The Morgan fingerprint density at radius 3 is 2.62 bits per heavy atom. The Balaban J connectivity index is 1.60. The van der Waals surface area contributed by atoms with Gasteiger partial charge in [-0.1, -0.05) is 17.7 Å². The molecule has 122 valence electrons. The Morgan fingerprint density at radius 2 is 1.83 bits per heavy atom. The van der Waals surface area contributed by atoms with Gasteiger partial charge in [-0.2, -0.15) is 0 Å². The maximum absolute atomic E-state index is 12.0. The number of imidazole rings is 1. The van der Waals surface area contributed by atoms with E-state index in [1.807, 2.05) is 13.0 Å². The van der Waals surface area contributed by atoms with Crippen LogP contribution >= 0.6 is 0 Å². The van der Waals surface area contributed by atoms with Gasteiger partial charge < -0.3 is 20.6 Å². The van der Waals surface area contributed by atoms with Gasteiger partial charge in [0.1, 0.15) is 0 Å². The summed E-state index contributed by atoms with van der Waals surface area (Å²) in [5, 5.41) is 5.24. The summed E-state index contributed by atoms with van der Waals surface area (Å²) in [6, 6.07) is 12.1. The molecule has 0 atom stereocenters. The van der Waals surface area contributed by atoms with E-state index >= 15 is 0 Å². The van der Waals surface area contributed by atoms with Crippen LogP contribution in [-0.4, -0.2) is 28.3 Å². The van der Waals surface area contributed by atoms with Gasteiger partial charge in [0.2, 0.25) is 5.91 Å². The molecule has 0 saturated carbocycles. The number of aromatic amines is 2. The molecule has 0 aliphatic heterocycles. The molecule has 0 spiro atoms. The first-order valence-electron chi connectivity index (χ1n) is 7.38. The number of nitrogens with one attached hydrogen (secondary N) is 4. The second-order valence-corrected chi connectivity index (χ2v) is 5.44. The number of anilines is 1. The van der Waals surface area contributed by atoms with Crippen molar-refractivity contribution in [3.8, 4) is 0 Å². The van der Waals surface area contributed by atoms with Crippen LogP contribution in [0, 0.1) is 6.92 Å². The van der Waals surface area contributed by atoms with Gasteiger partial charge in [0.15, 0.2) is 0 Å². The van der Waals surface area contributed by atoms with E-state index in [-0.39, 0.29) is 24.0 Å². The highest BCUT2D eigenvalue weighted by atomic mass is 16.2. The van der Waals surface area contributed by atoms with Gasteiger partial charge in [-0.25, -0.2) is 4.79 Å². The summed E-state index contributed by atoms with van der Waals surface area (Å²) in [5.41, 5.74) is 2.97. The van der Waals surface area contributed by atoms with Crippen molar-refractivity contribution in [2.24, 2.45) is 0 Å². The fourth-order valence-corrected chi connectivity index (χ4v) is 2.36. The maximum Gasteiger partial charge on any atom is 0.323 e. The molecule has 3 aromatic rings. The Bertz CT molecular complexity index is 971. The van der Waals surface area contributed by atoms with E-state index in [2.05, 4.69) is 20.6 Å². The summed E-state index contributed by atoms with van der Waals surface area (Å²) in [6.07, 6.45) is 0. The van der Waals surface area contributed by atoms with E-state index in [4.69, 9.17) is 0 Å². The molecule has 0 saturated heterocycles. The van der Waals surface area contributed by atoms with E-state index in [9.17, 15) is 14.4 Å². The van der Waals surface area contributed by atoms with Crippen LogP contribution in [-0.2, 0) is 4.79 Å². The predicted molar refractivity (Wildman–Crippen MR) is 91.1 cm³/mol. The highest BCUT2D eigenvalue weighted by Crippen LogP contribution is 2.14. The largest absolute Gasteiger partial charge is 0.343 e. The van der Waals surface area contributed by atoms with Gasteiger partial charge in [0.05, 0.1) is 17.6 Å². The van der Waals surface area contributed by atoms with Gasteiger partial charge in [0, 0.05) is 11.3 Å². The fourth-order valence-electron chi connectivity index (χ4n) is 2.36. The Labute approximate surface area is 137 Å². The van der Waals surface area contributed by atoms with Crippen LogP contribution in [0.1, 0.15) is 15.9 Å². The van der Waals surface area contributed by atoms with Crippen LogP contribution in [0.25, 0.3) is 11.0 Å². The van der Waals surface area contributed by atoms with E-state index in [1.54, 1.807) is 36.4 Å². The summed E-state index contributed by atoms with van der Waals surface area (Å²) in [4.78, 5) is 40.4. The molecule has 3 rings (SSSR count). The van der Waals surface area contributed by atoms with E-state index < -0.39 is 0 Å². The van der Waals surface area contributed by atoms with Crippen LogP contribution in [0.5, 0.6) is 0 Å². The first-order chi connectivity index (χ1) is 11.5. The molecule has 7 nitrogen and oxygen atoms in total. The van der Waals surface area contributed by atoms with Crippen LogP contribution in [0.3, 0.4) is 0 Å². The third-order valence-electron chi connectivity index (χ3n) is 3.49. The minimum atomic E-state index is -0.353. The average molecular weight is 324 g/mol. The minimum absolute atomic E-state index is 0.144. The number of rotatable bonds is 4. The molecule has 7 heteroatoms. The number of hydrogen-bond acceptors (Lipinski definition) is 3. The van der Waals surface area contributed by atoms with E-state index in [0.717, 1.165) is 5.56 Å². The van der Waals surface area contributed by atoms with E-state index in [0.29, 0.717) is 22.3 Å². The molecule has 0 bridgehead atoms. The zero-order valence-electron chi connectivity index (χ0n) is 13.0. The number of aromatic nitrogens is 2. The molecule has 2 aromatic carbocycles. The van der Waals surface area contributed by atoms with E-state index in [1.165, 1.54) is 0 Å². The zero-order valence-corrected chi connectivity index (χ0v) is 13.0. The summed E-state index contributed by atoms with van der Waals surface area (Å²) in [6.45, 7) is 1.75. The number of hydrogen-bond donors (Lipinski definition) is 4. The van der Waals surface area contributed by atoms with Crippen molar-refractivity contribution < 1.29 is 9.59 Å². The lowest BCUT2D eigenvalue weighted by Crippen LogP contribution is -2.32. The second kappa shape index (κ2) is 6.41. The first kappa shape index (κ1) is 15.5. The molecule has 1 aromatic heterocycles. The third-order valence-corrected chi connectivity index (χ3v) is 3.49. The Morgan fingerprint density at radius 1 is 1.04 bits per heavy atom. The van der Waals surface area contributed by atoms with Crippen molar-refractivity contribution in [1.29, 1.82) is 0 Å². The number of amides is 2. The molecule has 0 unspecified atom stereocenters. The van der Waals surface area contributed by atoms with Crippen molar-refractivity contribution in [2.45, 2.75) is 6.92 Å². The monoisotopic (exact) mass is 324 g/mol. The lowest BCUT2D eigenvalue weighted by Gasteiger charge is -2.07. The number of benzene rings is 2. The Hall–Kier alpha value is -3.35. The summed E-state index contributed by atoms with van der Waals surface area (Å²) >= 11 is 0. The summed E-state index contributed by atoms with van der Waals surface area (Å²) < 4.78 is 0. The number of aryl methyl sites for hydroxylation is 1. The summed E-state index contributed by atoms with van der Waals surface area (Å²) in [5.74, 6) is -0.660. The average Bonchev–Trinajstić information content (AvgIpc) is 2.92. The molecular formula is C17H16N4O3. The second-order valence-electron chi connectivity index (χ2n) is 5.44. The third kappa shape index (κ3) is 3.52. The van der Waals surface area contributed by atoms with Crippen molar-refractivity contribution in [3.05, 3.63) is 64.1 Å². The van der Waals surface area contributed by atoms with Crippen LogP contribution in [0.2, 0.25) is 0 Å². The minimum Gasteiger partial charge on any atom is -0.343 e. The lowest BCUT2D eigenvalue weighted by molar-refractivity contribution is -0.115. The van der Waals surface area contributed by atoms with Gasteiger partial charge in [0.25, 0.3) is 5.91 Å². The van der Waals surface area contributed by atoms with Crippen molar-refractivity contribution in [1.82, 2.24) is 15.3 Å². The molecule has 0 radical (unpaired) electrons. The topological polar surface area (TPSA) is 107 Å². The highest BCUT2D eigenvalue weighted by Gasteiger charge is 2.09. The van der Waals surface area contributed by atoms with Crippen molar-refractivity contribution >= 4 is 28.5 Å². The number of carbonyl (C=O) groups excluding carboxylic acids is 2. The normalized spacial score (nSPS) is 10.5. The van der Waals surface area contributed by atoms with Gasteiger partial charge in [-0.3, -0.25) is 9.59 Å². The SMILES string of the molecule is Cc1cccc(C(=O)NCC(=O)Nc2ccc3[nH]c(=O)[nH]c3c2)c1. The molecule has 4 N–H and O–H groups in total. The Kier molecular flexibility index (Phi) is 4.15. The number of fused-ring (bicyclic) bond motifs is 1. The molecule has 1 heterocycles. The quantitative estimate of drug-likeness (QED) is 0.584. The molecule has 24 heavy (non-hydrogen) atoms. The van der Waals surface area contributed by atoms with Gasteiger partial charge in [-0.05, 0) is 37.3 Å². The maximum atomic E-state index is 12.0. The number of H-pyrrole nitrogens is 2. The van der Waals surface area contributed by atoms with Gasteiger partial charge in [-0.15, -0.1) is 0 Å². The smallest absolute Gasteiger partial charge is 0.323 e. The van der Waals surface area contributed by atoms with Crippen LogP contribution in [0.4, 0.5) is 5.69 Å². The fraction of sp³-hybridized carbons (Fsp3) is 0.118. The molecule has 2 amide bonds. The first-order valence-corrected chi connectivity index (χ1v) is 7.38. The standard InChI is InChI=1S/C17H16N4O3/c1-10-3-2-4-11(7-10)16(23)18-9-15(22)19-12-5-6-13-14(8-12)21-17(24)20-13/h2-8H,9H2,1H3,(H,18,23)(H,19,22)(H2,20,21,24). The molecule has 0 fully saturated rings. The molecule has 0 aliphatic rings. The number of carbonyl (C=O) groups is 2.